The molecule has 7 aromatic carbocycles. The van der Waals surface area contributed by atoms with Gasteiger partial charge in [0.2, 0.25) is 0 Å². The number of hydrogen-bond donors (Lipinski definition) is 0. The molecule has 4 heteroatoms. The van der Waals surface area contributed by atoms with Crippen LogP contribution in [-0.2, 0) is 10.8 Å². The maximum atomic E-state index is 6.81. The van der Waals surface area contributed by atoms with Gasteiger partial charge in [0.05, 0.1) is 0 Å². The molecule has 0 aliphatic heterocycles. The molecule has 0 spiro atoms. The van der Waals surface area contributed by atoms with E-state index in [1.165, 1.54) is 44.5 Å². The highest BCUT2D eigenvalue weighted by Gasteiger charge is 2.39. The molecule has 0 radical (unpaired) electrons. The van der Waals surface area contributed by atoms with Crippen molar-refractivity contribution in [3.05, 3.63) is 174 Å². The van der Waals surface area contributed by atoms with E-state index in [0.29, 0.717) is 17.5 Å². The second-order valence-electron chi connectivity index (χ2n) is 16.0. The quantitative estimate of drug-likeness (QED) is 0.183. The molecule has 0 N–H and O–H groups in total. The third-order valence-electron chi connectivity index (χ3n) is 12.1. The van der Waals surface area contributed by atoms with E-state index in [1.807, 2.05) is 18.2 Å². The molecule has 9 aromatic rings. The zero-order chi connectivity index (χ0) is 37.1. The van der Waals surface area contributed by atoms with Gasteiger partial charge in [0, 0.05) is 43.9 Å². The predicted molar refractivity (Wildman–Crippen MR) is 224 cm³/mol. The summed E-state index contributed by atoms with van der Waals surface area (Å²) in [6.07, 6.45) is 0. The van der Waals surface area contributed by atoms with Gasteiger partial charge in [0.15, 0.2) is 17.5 Å². The maximum Gasteiger partial charge on any atom is 0.164 e. The van der Waals surface area contributed by atoms with E-state index in [1.54, 1.807) is 0 Å². The van der Waals surface area contributed by atoms with Crippen molar-refractivity contribution < 1.29 is 4.42 Å². The topological polar surface area (TPSA) is 51.8 Å². The molecule has 4 nitrogen and oxygen atoms in total. The molecule has 0 saturated carbocycles. The van der Waals surface area contributed by atoms with Crippen molar-refractivity contribution in [2.45, 2.75) is 38.5 Å². The summed E-state index contributed by atoms with van der Waals surface area (Å²) in [5.74, 6) is 1.95. The Bertz CT molecular complexity index is 3040. The molecule has 0 fully saturated rings. The number of nitrogens with zero attached hydrogens (tertiary/aromatic N) is 3. The minimum Gasteiger partial charge on any atom is -0.456 e. The van der Waals surface area contributed by atoms with Crippen molar-refractivity contribution in [2.24, 2.45) is 0 Å². The Kier molecular flexibility index (Phi) is 6.61. The molecule has 0 amide bonds. The van der Waals surface area contributed by atoms with Crippen LogP contribution in [-0.4, -0.2) is 15.0 Å². The van der Waals surface area contributed by atoms with E-state index in [-0.39, 0.29) is 10.8 Å². The summed E-state index contributed by atoms with van der Waals surface area (Å²) in [6.45, 7) is 9.22. The lowest BCUT2D eigenvalue weighted by molar-refractivity contribution is 0.620. The Labute approximate surface area is 320 Å². The molecule has 262 valence electrons. The van der Waals surface area contributed by atoms with E-state index in [4.69, 9.17) is 19.4 Å². The van der Waals surface area contributed by atoms with E-state index in [2.05, 4.69) is 161 Å². The van der Waals surface area contributed by atoms with Crippen molar-refractivity contribution in [3.63, 3.8) is 0 Å². The lowest BCUT2D eigenvalue weighted by Crippen LogP contribution is -2.15. The van der Waals surface area contributed by atoms with Crippen LogP contribution in [0.4, 0.5) is 0 Å². The Morgan fingerprint density at radius 3 is 1.80 bits per heavy atom. The first kappa shape index (κ1) is 31.8. The lowest BCUT2D eigenvalue weighted by Gasteiger charge is -2.21. The highest BCUT2D eigenvalue weighted by atomic mass is 16.3. The minimum atomic E-state index is -0.155. The van der Waals surface area contributed by atoms with Gasteiger partial charge in [-0.25, -0.2) is 15.0 Å². The SMILES string of the molecule is CC1(C)c2ccccc2-c2c(-c3nc(-c4ccccc4)nc(-c4cccc(-c5ccc6c(c5)oc5c7c(ccc56)-c5ccccc5C7(C)C)c4)n3)cccc21. The van der Waals surface area contributed by atoms with Crippen molar-refractivity contribution in [1.29, 1.82) is 0 Å². The highest BCUT2D eigenvalue weighted by Crippen LogP contribution is 2.53. The predicted octanol–water partition coefficient (Wildman–Crippen LogP) is 13.1. The van der Waals surface area contributed by atoms with Crippen LogP contribution in [0.1, 0.15) is 49.9 Å². The van der Waals surface area contributed by atoms with Crippen LogP contribution in [0.2, 0.25) is 0 Å². The van der Waals surface area contributed by atoms with Crippen molar-refractivity contribution in [2.75, 3.05) is 0 Å². The minimum absolute atomic E-state index is 0.128. The van der Waals surface area contributed by atoms with Crippen molar-refractivity contribution >= 4 is 21.9 Å². The number of benzene rings is 7. The number of fused-ring (bicyclic) bond motifs is 10. The van der Waals surface area contributed by atoms with E-state index < -0.39 is 0 Å². The van der Waals surface area contributed by atoms with Gasteiger partial charge in [-0.3, -0.25) is 0 Å². The summed E-state index contributed by atoms with van der Waals surface area (Å²) in [5.41, 5.74) is 16.8. The summed E-state index contributed by atoms with van der Waals surface area (Å²) in [7, 11) is 0. The molecule has 55 heavy (non-hydrogen) atoms. The lowest BCUT2D eigenvalue weighted by atomic mass is 9.82. The Balaban J connectivity index is 1.05. The summed E-state index contributed by atoms with van der Waals surface area (Å²) in [5, 5.41) is 2.28. The fourth-order valence-electron chi connectivity index (χ4n) is 9.38. The van der Waals surface area contributed by atoms with Gasteiger partial charge in [-0.2, -0.15) is 0 Å². The third kappa shape index (κ3) is 4.61. The molecule has 0 atom stereocenters. The second kappa shape index (κ2) is 11.4. The third-order valence-corrected chi connectivity index (χ3v) is 12.1. The smallest absolute Gasteiger partial charge is 0.164 e. The highest BCUT2D eigenvalue weighted by molar-refractivity contribution is 6.10. The van der Waals surface area contributed by atoms with Crippen LogP contribution in [0.25, 0.3) is 89.5 Å². The molecule has 2 heterocycles. The molecule has 2 aliphatic rings. The Hall–Kier alpha value is -6.65. The number of aromatic nitrogens is 3. The summed E-state index contributed by atoms with van der Waals surface area (Å²) < 4.78 is 6.81. The van der Waals surface area contributed by atoms with Crippen LogP contribution in [0.5, 0.6) is 0 Å². The fourth-order valence-corrected chi connectivity index (χ4v) is 9.38. The van der Waals surface area contributed by atoms with Gasteiger partial charge in [0.25, 0.3) is 0 Å². The summed E-state index contributed by atoms with van der Waals surface area (Å²) >= 11 is 0. The Morgan fingerprint density at radius 2 is 0.982 bits per heavy atom. The average Bonchev–Trinajstić information content (AvgIpc) is 3.80. The van der Waals surface area contributed by atoms with Crippen LogP contribution in [0.3, 0.4) is 0 Å². The van der Waals surface area contributed by atoms with Gasteiger partial charge >= 0.3 is 0 Å². The molecule has 0 saturated heterocycles. The zero-order valence-electron chi connectivity index (χ0n) is 31.2. The molecule has 0 unspecified atom stereocenters. The second-order valence-corrected chi connectivity index (χ2v) is 16.0. The normalized spacial score (nSPS) is 14.5. The van der Waals surface area contributed by atoms with E-state index >= 15 is 0 Å². The molecular formula is C51H37N3O. The molecule has 0 bridgehead atoms. The number of furan rings is 1. The van der Waals surface area contributed by atoms with Crippen LogP contribution in [0, 0.1) is 0 Å². The first-order valence-corrected chi connectivity index (χ1v) is 19.0. The maximum absolute atomic E-state index is 6.81. The van der Waals surface area contributed by atoms with Gasteiger partial charge < -0.3 is 4.42 Å². The molecular weight excluding hydrogens is 671 g/mol. The standard InChI is InChI=1S/C51H37N3O/c1-50(2)41-22-11-9-19-38(41)44-39(20-13-23-42(44)50)49-53-47(30-14-6-5-7-15-30)52-48(54-49)33-17-12-16-31(28-33)32-24-25-35-37-27-26-36-34-18-8-10-21-40(34)51(3,4)45(36)46(37)55-43(35)29-32/h5-29H,1-4H3. The largest absolute Gasteiger partial charge is 0.456 e. The first-order valence-electron chi connectivity index (χ1n) is 19.0. The van der Waals surface area contributed by atoms with Gasteiger partial charge in [-0.15, -0.1) is 0 Å². The zero-order valence-corrected chi connectivity index (χ0v) is 31.2. The molecule has 2 aromatic heterocycles. The number of hydrogen-bond acceptors (Lipinski definition) is 4. The van der Waals surface area contributed by atoms with E-state index in [0.717, 1.165) is 49.8 Å². The van der Waals surface area contributed by atoms with Gasteiger partial charge in [-0.05, 0) is 74.3 Å². The number of rotatable bonds is 4. The van der Waals surface area contributed by atoms with Crippen molar-refractivity contribution in [3.8, 4) is 67.5 Å². The monoisotopic (exact) mass is 707 g/mol. The van der Waals surface area contributed by atoms with Gasteiger partial charge in [-0.1, -0.05) is 155 Å². The Morgan fingerprint density at radius 1 is 0.400 bits per heavy atom. The first-order chi connectivity index (χ1) is 26.8. The van der Waals surface area contributed by atoms with Gasteiger partial charge in [0.1, 0.15) is 11.2 Å². The molecule has 11 rings (SSSR count). The summed E-state index contributed by atoms with van der Waals surface area (Å²) in [4.78, 5) is 15.5. The van der Waals surface area contributed by atoms with Crippen molar-refractivity contribution in [1.82, 2.24) is 15.0 Å². The van der Waals surface area contributed by atoms with Crippen LogP contribution >= 0.6 is 0 Å². The fraction of sp³-hybridized carbons (Fsp3) is 0.118. The average molecular weight is 708 g/mol. The van der Waals surface area contributed by atoms with Crippen LogP contribution in [0.15, 0.2) is 156 Å². The molecule has 2 aliphatic carbocycles. The van der Waals surface area contributed by atoms with Crippen LogP contribution < -0.4 is 0 Å². The summed E-state index contributed by atoms with van der Waals surface area (Å²) in [6, 6.07) is 53.8. The van der Waals surface area contributed by atoms with E-state index in [9.17, 15) is 0 Å².